The lowest BCUT2D eigenvalue weighted by atomic mass is 10.8. The summed E-state index contributed by atoms with van der Waals surface area (Å²) in [5.74, 6) is 0.219. The molecule has 2 nitrogen and oxygen atoms in total. The highest BCUT2D eigenvalue weighted by molar-refractivity contribution is 7.98. The zero-order valence-corrected chi connectivity index (χ0v) is 5.11. The van der Waals surface area contributed by atoms with Gasteiger partial charge >= 0.3 is 0 Å². The Labute approximate surface area is 46.7 Å². The van der Waals surface area contributed by atoms with Crippen molar-refractivity contribution in [3.8, 4) is 0 Å². The molecule has 7 heavy (non-hydrogen) atoms. The number of rotatable bonds is 2. The monoisotopic (exact) mass is 119 g/mol. The molecule has 0 unspecified atom stereocenters. The molecule has 0 spiro atoms. The second-order valence-corrected chi connectivity index (χ2v) is 2.26. The van der Waals surface area contributed by atoms with Crippen LogP contribution in [0.1, 0.15) is 6.92 Å². The number of thiol groups is 1. The summed E-state index contributed by atoms with van der Waals surface area (Å²) in [6.07, 6.45) is 0. The molecule has 1 amide bonds. The van der Waals surface area contributed by atoms with E-state index in [9.17, 15) is 4.79 Å². The highest BCUT2D eigenvalue weighted by Crippen LogP contribution is 1.78. The van der Waals surface area contributed by atoms with Crippen molar-refractivity contribution in [3.63, 3.8) is 0 Å². The first-order chi connectivity index (χ1) is 3.27. The zero-order valence-electron chi connectivity index (χ0n) is 4.22. The molecule has 0 saturated heterocycles. The summed E-state index contributed by atoms with van der Waals surface area (Å²) in [4.78, 5) is 9.95. The van der Waals surface area contributed by atoms with Crippen molar-refractivity contribution in [2.75, 3.05) is 5.75 Å². The molecule has 0 aliphatic heterocycles. The molecule has 0 bridgehead atoms. The van der Waals surface area contributed by atoms with Gasteiger partial charge in [0.05, 0.1) is 5.75 Å². The molecule has 0 radical (unpaired) electrons. The summed E-state index contributed by atoms with van der Waals surface area (Å²) in [7, 11) is 0. The van der Waals surface area contributed by atoms with Gasteiger partial charge in [-0.3, -0.25) is 4.79 Å². The number of hydrogen-bond acceptors (Lipinski definition) is 1. The average molecular weight is 119 g/mol. The van der Waals surface area contributed by atoms with Crippen molar-refractivity contribution in [2.45, 2.75) is 6.92 Å². The summed E-state index contributed by atoms with van der Waals surface area (Å²) in [6, 6.07) is 0. The van der Waals surface area contributed by atoms with Gasteiger partial charge in [-0.15, -0.1) is 0 Å². The Balaban J connectivity index is 3.14. The Kier molecular flexibility index (Phi) is 3.69. The lowest BCUT2D eigenvalue weighted by Crippen LogP contribution is -2.11. The van der Waals surface area contributed by atoms with Gasteiger partial charge in [0.2, 0.25) is 5.91 Å². The van der Waals surface area contributed by atoms with Crippen molar-refractivity contribution in [2.24, 2.45) is 5.73 Å². The van der Waals surface area contributed by atoms with E-state index in [0.29, 0.717) is 5.75 Å². The average Bonchev–Trinajstić information content (AvgIpc) is 1.61. The third-order valence-electron chi connectivity index (χ3n) is 0.430. The third-order valence-corrected chi connectivity index (χ3v) is 1.29. The van der Waals surface area contributed by atoms with Crippen LogP contribution in [0.3, 0.4) is 0 Å². The number of carbonyl (C=O) groups is 1. The first kappa shape index (κ1) is 6.69. The van der Waals surface area contributed by atoms with Gasteiger partial charge in [0, 0.05) is 0 Å². The van der Waals surface area contributed by atoms with Crippen molar-refractivity contribution < 1.29 is 4.79 Å². The van der Waals surface area contributed by atoms with Crippen LogP contribution in [0.5, 0.6) is 0 Å². The maximum absolute atomic E-state index is 9.95. The maximum atomic E-state index is 9.95. The van der Waals surface area contributed by atoms with Crippen LogP contribution in [0.2, 0.25) is 0 Å². The molecule has 0 aromatic carbocycles. The Morgan fingerprint density at radius 2 is 2.57 bits per heavy atom. The minimum absolute atomic E-state index is 0.236. The van der Waals surface area contributed by atoms with Gasteiger partial charge in [-0.1, -0.05) is 5.37 Å². The fourth-order valence-corrected chi connectivity index (χ4v) is 0.544. The largest absolute Gasteiger partial charge is 0.369 e. The van der Waals surface area contributed by atoms with Crippen LogP contribution < -0.4 is 5.73 Å². The van der Waals surface area contributed by atoms with Crippen LogP contribution in [-0.4, -0.2) is 17.0 Å². The minimum atomic E-state index is -0.236. The number of hydrogen-bond donors (Lipinski definition) is 2. The molecular weight excluding hydrogens is 110 g/mol. The van der Waals surface area contributed by atoms with Gasteiger partial charge < -0.3 is 5.73 Å². The molecule has 0 atom stereocenters. The predicted molar refractivity (Wildman–Crippen MR) is 34.8 cm³/mol. The smallest absolute Gasteiger partial charge is 0.226 e. The molecule has 2 N–H and O–H groups in total. The van der Waals surface area contributed by atoms with Crippen molar-refractivity contribution in [1.29, 1.82) is 0 Å². The fraction of sp³-hybridized carbons (Fsp3) is 0.500. The molecule has 0 aliphatic rings. The molecule has 0 aromatic rings. The Morgan fingerprint density at radius 3 is 2.71 bits per heavy atom. The van der Waals surface area contributed by atoms with Crippen LogP contribution in [-0.2, 0) is 4.79 Å². The van der Waals surface area contributed by atoms with Crippen LogP contribution in [0.15, 0.2) is 0 Å². The zero-order chi connectivity index (χ0) is 5.70. The number of carbonyl (C=O) groups excluding carboxylic acids is 1. The maximum Gasteiger partial charge on any atom is 0.226 e. The minimum Gasteiger partial charge on any atom is -0.369 e. The quantitative estimate of drug-likeness (QED) is 0.382. The van der Waals surface area contributed by atoms with Crippen molar-refractivity contribution in [3.05, 3.63) is 0 Å². The van der Waals surface area contributed by atoms with Crippen molar-refractivity contribution in [1.82, 2.24) is 0 Å². The molecule has 0 saturated carbocycles. The topological polar surface area (TPSA) is 43.1 Å². The SMILES string of the molecule is CC=[SH]CC(N)=O. The lowest BCUT2D eigenvalue weighted by Gasteiger charge is -1.80. The molecule has 0 rings (SSSR count). The van der Waals surface area contributed by atoms with E-state index in [4.69, 9.17) is 5.73 Å². The fourth-order valence-electron chi connectivity index (χ4n) is 0.181. The Hall–Kier alpha value is -0.310. The van der Waals surface area contributed by atoms with Gasteiger partial charge in [-0.05, 0) is 6.92 Å². The number of amides is 1. The van der Waals surface area contributed by atoms with E-state index in [1.54, 1.807) is 0 Å². The Bertz CT molecular complexity index is 89.7. The van der Waals surface area contributed by atoms with Crippen LogP contribution >= 0.6 is 11.4 Å². The summed E-state index contributed by atoms with van der Waals surface area (Å²) < 4.78 is 0. The second-order valence-electron chi connectivity index (χ2n) is 1.07. The van der Waals surface area contributed by atoms with Gasteiger partial charge in [0.15, 0.2) is 0 Å². The van der Waals surface area contributed by atoms with Gasteiger partial charge in [-0.2, -0.15) is 11.4 Å². The molecule has 42 valence electrons. The van der Waals surface area contributed by atoms with Crippen LogP contribution in [0.4, 0.5) is 0 Å². The predicted octanol–water partition coefficient (Wildman–Crippen LogP) is -0.241. The normalized spacial score (nSPS) is 11.0. The molecule has 0 aliphatic carbocycles. The highest BCUT2D eigenvalue weighted by Gasteiger charge is 1.81. The summed E-state index contributed by atoms with van der Waals surface area (Å²) in [5.41, 5.74) is 4.81. The van der Waals surface area contributed by atoms with E-state index >= 15 is 0 Å². The van der Waals surface area contributed by atoms with E-state index in [0.717, 1.165) is 11.4 Å². The van der Waals surface area contributed by atoms with Crippen molar-refractivity contribution >= 4 is 22.6 Å². The third kappa shape index (κ3) is 5.69. The summed E-state index contributed by atoms with van der Waals surface area (Å²) >= 11 is 1.01. The molecule has 0 heterocycles. The lowest BCUT2D eigenvalue weighted by molar-refractivity contribution is -0.115. The first-order valence-corrected chi connectivity index (χ1v) is 3.15. The molecule has 0 fully saturated rings. The first-order valence-electron chi connectivity index (χ1n) is 2.00. The van der Waals surface area contributed by atoms with Gasteiger partial charge in [-0.25, -0.2) is 0 Å². The standard InChI is InChI=1S/C4H9NOS/c1-2-7-3-4(5)6/h2,7H,3H2,1H3,(H2,5,6). The molecular formula is C4H9NOS. The van der Waals surface area contributed by atoms with E-state index in [2.05, 4.69) is 0 Å². The van der Waals surface area contributed by atoms with Crippen LogP contribution in [0.25, 0.3) is 0 Å². The number of nitrogens with two attached hydrogens (primary N) is 1. The second kappa shape index (κ2) is 3.87. The summed E-state index contributed by atoms with van der Waals surface area (Å²) in [5, 5.41) is 1.89. The summed E-state index contributed by atoms with van der Waals surface area (Å²) in [6.45, 7) is 1.89. The van der Waals surface area contributed by atoms with Crippen LogP contribution in [0, 0.1) is 0 Å². The van der Waals surface area contributed by atoms with E-state index in [1.165, 1.54) is 0 Å². The van der Waals surface area contributed by atoms with Gasteiger partial charge in [0.25, 0.3) is 0 Å². The van der Waals surface area contributed by atoms with E-state index in [-0.39, 0.29) is 5.91 Å². The molecule has 3 heteroatoms. The highest BCUT2D eigenvalue weighted by atomic mass is 32.1. The number of primary amides is 1. The van der Waals surface area contributed by atoms with Gasteiger partial charge in [0.1, 0.15) is 0 Å². The van der Waals surface area contributed by atoms with E-state index < -0.39 is 0 Å². The Morgan fingerprint density at radius 1 is 2.00 bits per heavy atom. The molecule has 0 aromatic heterocycles. The van der Waals surface area contributed by atoms with E-state index in [1.807, 2.05) is 12.3 Å².